The van der Waals surface area contributed by atoms with Gasteiger partial charge in [-0.15, -0.1) is 0 Å². The average molecular weight is 346 g/mol. The monoisotopic (exact) mass is 346 g/mol. The Hall–Kier alpha value is -1.92. The van der Waals surface area contributed by atoms with E-state index in [1.165, 1.54) is 0 Å². The summed E-state index contributed by atoms with van der Waals surface area (Å²) >= 11 is 0. The molecule has 2 aliphatic heterocycles. The molecule has 2 saturated heterocycles. The number of hydrogen-bond donors (Lipinski definition) is 1. The van der Waals surface area contributed by atoms with Gasteiger partial charge in [-0.1, -0.05) is 26.8 Å². The van der Waals surface area contributed by atoms with E-state index >= 15 is 0 Å². The van der Waals surface area contributed by atoms with E-state index in [0.717, 1.165) is 0 Å². The number of carbonyl (C=O) groups excluding carboxylic acids is 2. The van der Waals surface area contributed by atoms with Crippen molar-refractivity contribution in [2.75, 3.05) is 31.6 Å². The van der Waals surface area contributed by atoms with Gasteiger partial charge in [-0.3, -0.25) is 9.59 Å². The van der Waals surface area contributed by atoms with E-state index in [9.17, 15) is 9.59 Å². The van der Waals surface area contributed by atoms with Crippen LogP contribution in [-0.4, -0.2) is 48.8 Å². The molecule has 1 aromatic rings. The highest BCUT2D eigenvalue weighted by atomic mass is 16.7. The van der Waals surface area contributed by atoms with E-state index in [-0.39, 0.29) is 11.8 Å². The fourth-order valence-electron chi connectivity index (χ4n) is 3.07. The fraction of sp³-hybridized carbons (Fsp3) is 0.579. The van der Waals surface area contributed by atoms with Crippen molar-refractivity contribution in [1.29, 1.82) is 0 Å². The van der Waals surface area contributed by atoms with Gasteiger partial charge in [0.25, 0.3) is 5.91 Å². The molecule has 136 valence electrons. The number of nitrogens with zero attached hydrogens (tertiary/aromatic N) is 1. The molecule has 1 N–H and O–H groups in total. The molecule has 2 fully saturated rings. The average Bonchev–Trinajstić information content (AvgIpc) is 3.02. The third-order valence-electron chi connectivity index (χ3n) is 4.67. The van der Waals surface area contributed by atoms with Gasteiger partial charge >= 0.3 is 0 Å². The molecule has 25 heavy (non-hydrogen) atoms. The summed E-state index contributed by atoms with van der Waals surface area (Å²) in [4.78, 5) is 26.7. The lowest BCUT2D eigenvalue weighted by Crippen LogP contribution is -2.47. The molecule has 0 saturated carbocycles. The van der Waals surface area contributed by atoms with Gasteiger partial charge in [-0.2, -0.15) is 0 Å². The lowest BCUT2D eigenvalue weighted by Gasteiger charge is -2.37. The first-order chi connectivity index (χ1) is 11.8. The highest BCUT2D eigenvalue weighted by Crippen LogP contribution is 2.31. The fourth-order valence-corrected chi connectivity index (χ4v) is 3.07. The zero-order valence-electron chi connectivity index (χ0n) is 15.1. The third-order valence-corrected chi connectivity index (χ3v) is 4.67. The quantitative estimate of drug-likeness (QED) is 0.894. The molecule has 0 atom stereocenters. The van der Waals surface area contributed by atoms with Crippen LogP contribution in [0.5, 0.6) is 0 Å². The Morgan fingerprint density at radius 3 is 2.36 bits per heavy atom. The Balaban J connectivity index is 1.65. The molecule has 0 bridgehead atoms. The standard InChI is InChI=1S/C19H26N2O4/c1-18(2,3)17(23)20-15-6-4-5-14(13-15)16(22)21-9-7-19(8-10-21)24-11-12-25-19/h4-6,13H,7-12H2,1-3H3,(H,20,23). The number of ether oxygens (including phenoxy) is 2. The smallest absolute Gasteiger partial charge is 0.253 e. The third kappa shape index (κ3) is 4.02. The number of carbonyl (C=O) groups is 2. The Morgan fingerprint density at radius 1 is 1.12 bits per heavy atom. The van der Waals surface area contributed by atoms with Crippen molar-refractivity contribution in [3.8, 4) is 0 Å². The summed E-state index contributed by atoms with van der Waals surface area (Å²) in [6.45, 7) is 8.04. The number of amides is 2. The second kappa shape index (κ2) is 6.77. The van der Waals surface area contributed by atoms with E-state index in [0.29, 0.717) is 50.4 Å². The Kier molecular flexibility index (Phi) is 4.84. The maximum atomic E-state index is 12.8. The van der Waals surface area contributed by atoms with Gasteiger partial charge in [-0.25, -0.2) is 0 Å². The minimum atomic E-state index is -0.487. The van der Waals surface area contributed by atoms with Crippen LogP contribution in [-0.2, 0) is 14.3 Å². The highest BCUT2D eigenvalue weighted by molar-refractivity contribution is 5.98. The van der Waals surface area contributed by atoms with Crippen molar-refractivity contribution in [3.05, 3.63) is 29.8 Å². The number of rotatable bonds is 2. The van der Waals surface area contributed by atoms with Crippen LogP contribution in [0.1, 0.15) is 44.0 Å². The molecular formula is C19H26N2O4. The molecule has 2 heterocycles. The van der Waals surface area contributed by atoms with Crippen molar-refractivity contribution < 1.29 is 19.1 Å². The van der Waals surface area contributed by atoms with Crippen LogP contribution >= 0.6 is 0 Å². The molecule has 0 aliphatic carbocycles. The first kappa shape index (κ1) is 17.9. The van der Waals surface area contributed by atoms with E-state index in [1.54, 1.807) is 24.3 Å². The van der Waals surface area contributed by atoms with Gasteiger partial charge in [0, 0.05) is 42.6 Å². The maximum absolute atomic E-state index is 12.8. The largest absolute Gasteiger partial charge is 0.347 e. The summed E-state index contributed by atoms with van der Waals surface area (Å²) in [7, 11) is 0. The van der Waals surface area contributed by atoms with Gasteiger partial charge in [0.1, 0.15) is 0 Å². The summed E-state index contributed by atoms with van der Waals surface area (Å²) in [6.07, 6.45) is 1.39. The van der Waals surface area contributed by atoms with Crippen LogP contribution < -0.4 is 5.32 Å². The van der Waals surface area contributed by atoms with Gasteiger partial charge in [0.15, 0.2) is 5.79 Å². The van der Waals surface area contributed by atoms with Crippen LogP contribution in [0.3, 0.4) is 0 Å². The van der Waals surface area contributed by atoms with Gasteiger partial charge in [-0.05, 0) is 18.2 Å². The lowest BCUT2D eigenvalue weighted by atomic mass is 9.95. The molecule has 6 nitrogen and oxygen atoms in total. The molecule has 3 rings (SSSR count). The number of nitrogens with one attached hydrogen (secondary N) is 1. The van der Waals surface area contributed by atoms with E-state index in [2.05, 4.69) is 5.32 Å². The molecule has 1 aromatic carbocycles. The zero-order valence-corrected chi connectivity index (χ0v) is 15.1. The molecule has 0 unspecified atom stereocenters. The van der Waals surface area contributed by atoms with Crippen molar-refractivity contribution in [3.63, 3.8) is 0 Å². The number of likely N-dealkylation sites (tertiary alicyclic amines) is 1. The van der Waals surface area contributed by atoms with Crippen molar-refractivity contribution in [2.24, 2.45) is 5.41 Å². The molecule has 0 radical (unpaired) electrons. The number of anilines is 1. The predicted octanol–water partition coefficient (Wildman–Crippen LogP) is 2.65. The number of benzene rings is 1. The van der Waals surface area contributed by atoms with E-state index in [1.807, 2.05) is 25.7 Å². The number of hydrogen-bond acceptors (Lipinski definition) is 4. The zero-order chi connectivity index (χ0) is 18.1. The van der Waals surface area contributed by atoms with E-state index < -0.39 is 11.2 Å². The Morgan fingerprint density at radius 2 is 1.76 bits per heavy atom. The highest BCUT2D eigenvalue weighted by Gasteiger charge is 2.40. The minimum Gasteiger partial charge on any atom is -0.347 e. The van der Waals surface area contributed by atoms with Crippen LogP contribution in [0.4, 0.5) is 5.69 Å². The summed E-state index contributed by atoms with van der Waals surface area (Å²) in [5.41, 5.74) is 0.736. The Labute approximate surface area is 148 Å². The SMILES string of the molecule is CC(C)(C)C(=O)Nc1cccc(C(=O)N2CCC3(CC2)OCCO3)c1. The molecule has 2 aliphatic rings. The van der Waals surface area contributed by atoms with Crippen LogP contribution in [0.25, 0.3) is 0 Å². The molecule has 6 heteroatoms. The molecule has 0 aromatic heterocycles. The summed E-state index contributed by atoms with van der Waals surface area (Å²) in [5, 5.41) is 2.87. The van der Waals surface area contributed by atoms with Crippen molar-refractivity contribution >= 4 is 17.5 Å². The van der Waals surface area contributed by atoms with Crippen LogP contribution in [0, 0.1) is 5.41 Å². The topological polar surface area (TPSA) is 67.9 Å². The minimum absolute atomic E-state index is 0.0281. The first-order valence-electron chi connectivity index (χ1n) is 8.78. The summed E-state index contributed by atoms with van der Waals surface area (Å²) in [6, 6.07) is 7.10. The van der Waals surface area contributed by atoms with Crippen molar-refractivity contribution in [1.82, 2.24) is 4.90 Å². The van der Waals surface area contributed by atoms with Gasteiger partial charge in [0.2, 0.25) is 5.91 Å². The maximum Gasteiger partial charge on any atom is 0.253 e. The van der Waals surface area contributed by atoms with E-state index in [4.69, 9.17) is 9.47 Å². The van der Waals surface area contributed by atoms with Crippen molar-refractivity contribution in [2.45, 2.75) is 39.4 Å². The molecule has 1 spiro atoms. The molecule has 2 amide bonds. The van der Waals surface area contributed by atoms with Gasteiger partial charge < -0.3 is 19.7 Å². The Bertz CT molecular complexity index is 650. The number of piperidine rings is 1. The second-order valence-electron chi connectivity index (χ2n) is 7.68. The van der Waals surface area contributed by atoms with Crippen LogP contribution in [0.15, 0.2) is 24.3 Å². The summed E-state index contributed by atoms with van der Waals surface area (Å²) < 4.78 is 11.4. The predicted molar refractivity (Wildman–Crippen MR) is 94.3 cm³/mol. The lowest BCUT2D eigenvalue weighted by molar-refractivity contribution is -0.181. The van der Waals surface area contributed by atoms with Crippen LogP contribution in [0.2, 0.25) is 0 Å². The second-order valence-corrected chi connectivity index (χ2v) is 7.68. The normalized spacial score (nSPS) is 19.9. The summed E-state index contributed by atoms with van der Waals surface area (Å²) in [5.74, 6) is -0.591. The first-order valence-corrected chi connectivity index (χ1v) is 8.78. The van der Waals surface area contributed by atoms with Gasteiger partial charge in [0.05, 0.1) is 13.2 Å². The molecular weight excluding hydrogens is 320 g/mol.